The largest absolute Gasteiger partial charge is 0.480 e. The fraction of sp³-hybridized carbons (Fsp3) is 0.511. The van der Waals surface area contributed by atoms with Crippen molar-refractivity contribution in [1.82, 2.24) is 26.6 Å². The van der Waals surface area contributed by atoms with E-state index in [1.807, 2.05) is 100 Å². The molecule has 0 aliphatic rings. The van der Waals surface area contributed by atoms with Crippen LogP contribution in [0.2, 0.25) is 0 Å². The van der Waals surface area contributed by atoms with E-state index in [0.29, 0.717) is 6.42 Å². The molecule has 0 aromatic heterocycles. The van der Waals surface area contributed by atoms with E-state index in [4.69, 9.17) is 5.73 Å². The average molecular weight is 801 g/mol. The molecule has 0 radical (unpaired) electrons. The van der Waals surface area contributed by atoms with Gasteiger partial charge in [-0.25, -0.2) is 4.79 Å². The summed E-state index contributed by atoms with van der Waals surface area (Å²) in [6, 6.07) is 16.7. The number of hydrogen-bond donors (Lipinski definition) is 7. The second-order valence-electron chi connectivity index (χ2n) is 16.8. The van der Waals surface area contributed by atoms with E-state index >= 15 is 0 Å². The predicted octanol–water partition coefficient (Wildman–Crippen LogP) is 4.26. The van der Waals surface area contributed by atoms with Crippen LogP contribution in [0.5, 0.6) is 0 Å². The van der Waals surface area contributed by atoms with E-state index in [2.05, 4.69) is 26.6 Å². The van der Waals surface area contributed by atoms with Crippen molar-refractivity contribution in [3.05, 3.63) is 83.9 Å². The van der Waals surface area contributed by atoms with E-state index in [-0.39, 0.29) is 49.3 Å². The maximum atomic E-state index is 14.0. The van der Waals surface area contributed by atoms with Crippen LogP contribution in [0.3, 0.4) is 0 Å². The molecule has 5 amide bonds. The molecule has 0 fully saturated rings. The van der Waals surface area contributed by atoms with Gasteiger partial charge in [0.2, 0.25) is 29.5 Å². The summed E-state index contributed by atoms with van der Waals surface area (Å²) in [6.07, 6.45) is 0.690. The Kier molecular flexibility index (Phi) is 18.3. The van der Waals surface area contributed by atoms with Crippen molar-refractivity contribution in [2.24, 2.45) is 29.4 Å². The number of nitrogens with two attached hydrogens (primary N) is 1. The highest BCUT2D eigenvalue weighted by Gasteiger charge is 2.34. The molecule has 3 unspecified atom stereocenters. The van der Waals surface area contributed by atoms with E-state index in [9.17, 15) is 33.9 Å². The highest BCUT2D eigenvalue weighted by atomic mass is 16.4. The van der Waals surface area contributed by atoms with Crippen LogP contribution in [0, 0.1) is 23.7 Å². The van der Waals surface area contributed by atoms with Gasteiger partial charge < -0.3 is 37.4 Å². The number of amides is 5. The van der Waals surface area contributed by atoms with Crippen molar-refractivity contribution >= 4 is 46.3 Å². The Bertz CT molecular complexity index is 1840. The first-order valence-corrected chi connectivity index (χ1v) is 20.3. The van der Waals surface area contributed by atoms with Crippen LogP contribution in [0.15, 0.2) is 72.8 Å². The Morgan fingerprint density at radius 2 is 1.12 bits per heavy atom. The lowest BCUT2D eigenvalue weighted by molar-refractivity contribution is -0.143. The molecule has 0 spiro atoms. The first kappa shape index (κ1) is 47.1. The number of carboxylic acids is 1. The summed E-state index contributed by atoms with van der Waals surface area (Å²) in [5.74, 6) is -4.21. The number of carbonyl (C=O) groups excluding carboxylic acids is 5. The van der Waals surface area contributed by atoms with Gasteiger partial charge >= 0.3 is 5.97 Å². The number of nitrogens with one attached hydrogen (secondary N) is 5. The highest BCUT2D eigenvalue weighted by molar-refractivity contribution is 5.93. The normalized spacial score (nSPS) is 14.6. The Morgan fingerprint density at radius 3 is 1.72 bits per heavy atom. The maximum absolute atomic E-state index is 14.0. The van der Waals surface area contributed by atoms with Crippen molar-refractivity contribution < 1.29 is 33.9 Å². The second-order valence-corrected chi connectivity index (χ2v) is 16.8. The predicted molar refractivity (Wildman–Crippen MR) is 226 cm³/mol. The molecule has 3 aromatic carbocycles. The quantitative estimate of drug-likeness (QED) is 0.0780. The smallest absolute Gasteiger partial charge is 0.326 e. The zero-order chi connectivity index (χ0) is 43.1. The van der Waals surface area contributed by atoms with Crippen LogP contribution in [0.25, 0.3) is 10.8 Å². The van der Waals surface area contributed by atoms with Crippen molar-refractivity contribution in [3.63, 3.8) is 0 Å². The molecular formula is C45H64N6O7. The second kappa shape index (κ2) is 22.6. The number of fused-ring (bicyclic) bond motifs is 1. The van der Waals surface area contributed by atoms with Gasteiger partial charge in [-0.3, -0.25) is 24.0 Å². The summed E-state index contributed by atoms with van der Waals surface area (Å²) in [5.41, 5.74) is 8.37. The highest BCUT2D eigenvalue weighted by Crippen LogP contribution is 2.21. The Balaban J connectivity index is 1.86. The number of aliphatic carboxylic acids is 1. The summed E-state index contributed by atoms with van der Waals surface area (Å²) in [4.78, 5) is 79.9. The molecule has 0 heterocycles. The number of rotatable bonds is 22. The van der Waals surface area contributed by atoms with Crippen molar-refractivity contribution in [3.8, 4) is 0 Å². The Hall–Kier alpha value is -5.30. The molecule has 0 saturated heterocycles. The summed E-state index contributed by atoms with van der Waals surface area (Å²) in [5, 5.41) is 25.8. The third kappa shape index (κ3) is 14.9. The molecule has 13 heteroatoms. The van der Waals surface area contributed by atoms with E-state index in [0.717, 1.165) is 21.9 Å². The van der Waals surface area contributed by atoms with Gasteiger partial charge in [0.05, 0.1) is 0 Å². The van der Waals surface area contributed by atoms with Gasteiger partial charge in [0.1, 0.15) is 24.2 Å². The third-order valence-corrected chi connectivity index (χ3v) is 9.95. The van der Waals surface area contributed by atoms with Gasteiger partial charge in [-0.2, -0.15) is 0 Å². The number of carbonyl (C=O) groups is 6. The van der Waals surface area contributed by atoms with E-state index in [1.54, 1.807) is 27.7 Å². The minimum absolute atomic E-state index is 0.0777. The zero-order valence-corrected chi connectivity index (χ0v) is 35.2. The number of hydrogen-bond acceptors (Lipinski definition) is 7. The first-order valence-electron chi connectivity index (χ1n) is 20.3. The monoisotopic (exact) mass is 800 g/mol. The number of benzene rings is 3. The van der Waals surface area contributed by atoms with Crippen LogP contribution in [0.4, 0.5) is 0 Å². The average Bonchev–Trinajstić information content (AvgIpc) is 3.14. The molecule has 0 aliphatic heterocycles. The summed E-state index contributed by atoms with van der Waals surface area (Å²) in [6.45, 7) is 14.7. The molecule has 3 rings (SSSR count). The zero-order valence-electron chi connectivity index (χ0n) is 35.2. The van der Waals surface area contributed by atoms with E-state index in [1.165, 1.54) is 0 Å². The fourth-order valence-corrected chi connectivity index (χ4v) is 6.84. The van der Waals surface area contributed by atoms with Crippen LogP contribution in [-0.2, 0) is 41.6 Å². The van der Waals surface area contributed by atoms with Gasteiger partial charge in [-0.05, 0) is 58.4 Å². The van der Waals surface area contributed by atoms with Crippen molar-refractivity contribution in [1.29, 1.82) is 0 Å². The SMILES string of the molecule is CC(C)CC(=O)N[C@@H](CC(C)C)C(=O)N[C@H](C(=O)NC(Cc1ccccc1)C(N)CC(=O)NC(Cc1cccc2ccccc12)C(=O)N[C@H](C(=O)O)C(C)C)C(C)C. The fourth-order valence-electron chi connectivity index (χ4n) is 6.84. The van der Waals surface area contributed by atoms with Crippen LogP contribution in [0.1, 0.15) is 85.8 Å². The lowest BCUT2D eigenvalue weighted by Crippen LogP contribution is -2.59. The molecular weight excluding hydrogens is 737 g/mol. The van der Waals surface area contributed by atoms with Gasteiger partial charge in [-0.15, -0.1) is 0 Å². The standard InChI is InChI=1S/C45H64N6O7/c1-26(2)21-36(47-38(52)22-27(3)4)42(54)50-40(28(5)6)44(56)49-35(23-30-15-10-9-11-16-30)34(46)25-39(53)48-37(43(55)51-41(29(7)8)45(57)58)24-32-19-14-18-31-17-12-13-20-33(31)32/h9-20,26-29,34-37,40-41H,21-25,46H2,1-8H3,(H,47,52)(H,48,53)(H,49,56)(H,50,54)(H,51,55)(H,57,58)/t34?,35?,36-,37?,40-,41-/m0/s1. The van der Waals surface area contributed by atoms with Crippen molar-refractivity contribution in [2.45, 2.75) is 124 Å². The molecule has 8 N–H and O–H groups in total. The molecule has 316 valence electrons. The minimum Gasteiger partial charge on any atom is -0.480 e. The topological polar surface area (TPSA) is 209 Å². The molecule has 0 saturated carbocycles. The molecule has 13 nitrogen and oxygen atoms in total. The number of carboxylic acid groups (broad SMARTS) is 1. The van der Waals surface area contributed by atoms with Crippen LogP contribution >= 0.6 is 0 Å². The Labute approximate surface area is 343 Å². The van der Waals surface area contributed by atoms with Gasteiger partial charge in [0.25, 0.3) is 0 Å². The molecule has 58 heavy (non-hydrogen) atoms. The minimum atomic E-state index is -1.19. The van der Waals surface area contributed by atoms with Crippen LogP contribution in [-0.4, -0.2) is 76.9 Å². The molecule has 0 bridgehead atoms. The molecule has 6 atom stereocenters. The van der Waals surface area contributed by atoms with E-state index < -0.39 is 71.8 Å². The first-order chi connectivity index (χ1) is 27.4. The lowest BCUT2D eigenvalue weighted by Gasteiger charge is -2.30. The third-order valence-electron chi connectivity index (χ3n) is 9.95. The molecule has 0 aliphatic carbocycles. The lowest BCUT2D eigenvalue weighted by atomic mass is 9.94. The van der Waals surface area contributed by atoms with Crippen molar-refractivity contribution in [2.75, 3.05) is 0 Å². The maximum Gasteiger partial charge on any atom is 0.326 e. The summed E-state index contributed by atoms with van der Waals surface area (Å²) < 4.78 is 0. The Morgan fingerprint density at radius 1 is 0.569 bits per heavy atom. The van der Waals surface area contributed by atoms with Gasteiger partial charge in [0, 0.05) is 31.3 Å². The van der Waals surface area contributed by atoms with Gasteiger partial charge in [-0.1, -0.05) is 128 Å². The summed E-state index contributed by atoms with van der Waals surface area (Å²) >= 11 is 0. The summed E-state index contributed by atoms with van der Waals surface area (Å²) in [7, 11) is 0. The molecule has 3 aromatic rings. The van der Waals surface area contributed by atoms with Crippen LogP contribution < -0.4 is 32.3 Å². The van der Waals surface area contributed by atoms with Gasteiger partial charge in [0.15, 0.2) is 0 Å².